The van der Waals surface area contributed by atoms with Crippen molar-refractivity contribution in [1.82, 2.24) is 9.47 Å². The summed E-state index contributed by atoms with van der Waals surface area (Å²) in [6, 6.07) is 3.77. The standard InChI is InChI=1S/C21H33N3O2/c1-15-7-8-18(22)24(15)19-16(2)17(25)9-12-20(19,3)26-14-21(10-6-11-21)13-23(4)5/h7-9,12,19,25H,6,10-11,13-14,22H2,1-5H3. The highest BCUT2D eigenvalue weighted by Gasteiger charge is 2.44. The van der Waals surface area contributed by atoms with Crippen molar-refractivity contribution >= 4 is 5.82 Å². The number of aliphatic hydroxyl groups is 1. The van der Waals surface area contributed by atoms with Crippen molar-refractivity contribution in [2.45, 2.75) is 51.7 Å². The number of rotatable bonds is 6. The van der Waals surface area contributed by atoms with E-state index in [1.54, 1.807) is 6.08 Å². The zero-order valence-corrected chi connectivity index (χ0v) is 16.7. The van der Waals surface area contributed by atoms with Gasteiger partial charge in [0.05, 0.1) is 12.6 Å². The first-order chi connectivity index (χ1) is 12.2. The monoisotopic (exact) mass is 359 g/mol. The molecule has 2 aliphatic rings. The van der Waals surface area contributed by atoms with E-state index in [1.165, 1.54) is 19.3 Å². The number of nitrogens with two attached hydrogens (primary N) is 1. The predicted octanol–water partition coefficient (Wildman–Crippen LogP) is 3.83. The Morgan fingerprint density at radius 1 is 1.31 bits per heavy atom. The fraction of sp³-hybridized carbons (Fsp3) is 0.619. The average molecular weight is 360 g/mol. The molecule has 1 saturated carbocycles. The van der Waals surface area contributed by atoms with Crippen LogP contribution in [0.5, 0.6) is 0 Å². The molecule has 2 aliphatic carbocycles. The van der Waals surface area contributed by atoms with Gasteiger partial charge in [0.25, 0.3) is 0 Å². The van der Waals surface area contributed by atoms with Crippen LogP contribution in [0.4, 0.5) is 5.82 Å². The molecule has 0 saturated heterocycles. The SMILES string of the molecule is CC1=C(O)C=CC(C)(OCC2(CN(C)C)CCC2)C1n1c(C)ccc1N. The Morgan fingerprint density at radius 3 is 2.50 bits per heavy atom. The Hall–Kier alpha value is -1.72. The lowest BCUT2D eigenvalue weighted by Gasteiger charge is -2.47. The summed E-state index contributed by atoms with van der Waals surface area (Å²) in [5, 5.41) is 10.3. The average Bonchev–Trinajstić information content (AvgIpc) is 2.86. The summed E-state index contributed by atoms with van der Waals surface area (Å²) in [4.78, 5) is 2.25. The molecular weight excluding hydrogens is 326 g/mol. The number of aliphatic hydroxyl groups excluding tert-OH is 1. The van der Waals surface area contributed by atoms with Crippen LogP contribution in [-0.2, 0) is 4.74 Å². The molecule has 2 unspecified atom stereocenters. The van der Waals surface area contributed by atoms with Gasteiger partial charge in [-0.2, -0.15) is 0 Å². The minimum absolute atomic E-state index is 0.154. The van der Waals surface area contributed by atoms with Gasteiger partial charge in [-0.25, -0.2) is 0 Å². The molecule has 0 amide bonds. The second kappa shape index (κ2) is 6.78. The van der Waals surface area contributed by atoms with E-state index in [2.05, 4.69) is 30.5 Å². The van der Waals surface area contributed by atoms with Crippen molar-refractivity contribution in [3.05, 3.63) is 41.3 Å². The molecule has 144 valence electrons. The highest BCUT2D eigenvalue weighted by atomic mass is 16.5. The first kappa shape index (κ1) is 19.1. The van der Waals surface area contributed by atoms with Crippen LogP contribution in [0, 0.1) is 12.3 Å². The van der Waals surface area contributed by atoms with Crippen molar-refractivity contribution in [3.8, 4) is 0 Å². The smallest absolute Gasteiger partial charge is 0.116 e. The van der Waals surface area contributed by atoms with Gasteiger partial charge in [0.1, 0.15) is 17.2 Å². The highest BCUT2D eigenvalue weighted by Crippen LogP contribution is 2.46. The van der Waals surface area contributed by atoms with E-state index in [4.69, 9.17) is 10.5 Å². The summed E-state index contributed by atoms with van der Waals surface area (Å²) in [6.07, 6.45) is 7.44. The summed E-state index contributed by atoms with van der Waals surface area (Å²) >= 11 is 0. The Labute approximate surface area is 157 Å². The van der Waals surface area contributed by atoms with E-state index in [0.717, 1.165) is 24.4 Å². The van der Waals surface area contributed by atoms with Gasteiger partial charge < -0.3 is 25.0 Å². The first-order valence-electron chi connectivity index (χ1n) is 9.48. The van der Waals surface area contributed by atoms with E-state index in [1.807, 2.05) is 32.1 Å². The zero-order valence-electron chi connectivity index (χ0n) is 16.7. The number of anilines is 1. The van der Waals surface area contributed by atoms with E-state index in [-0.39, 0.29) is 11.5 Å². The summed E-state index contributed by atoms with van der Waals surface area (Å²) in [6.45, 7) is 7.87. The Kier molecular flexibility index (Phi) is 4.97. The van der Waals surface area contributed by atoms with Crippen LogP contribution in [0.15, 0.2) is 35.6 Å². The minimum Gasteiger partial charge on any atom is -0.508 e. The van der Waals surface area contributed by atoms with Crippen molar-refractivity contribution in [2.24, 2.45) is 5.41 Å². The molecule has 1 heterocycles. The fourth-order valence-electron chi connectivity index (χ4n) is 4.54. The number of hydrogen-bond acceptors (Lipinski definition) is 4. The topological polar surface area (TPSA) is 63.7 Å². The van der Waals surface area contributed by atoms with Gasteiger partial charge in [-0.3, -0.25) is 0 Å². The van der Waals surface area contributed by atoms with Gasteiger partial charge in [0, 0.05) is 17.7 Å². The van der Waals surface area contributed by atoms with Crippen molar-refractivity contribution in [3.63, 3.8) is 0 Å². The molecule has 5 heteroatoms. The maximum atomic E-state index is 10.3. The van der Waals surface area contributed by atoms with E-state index < -0.39 is 5.60 Å². The predicted molar refractivity (Wildman–Crippen MR) is 106 cm³/mol. The van der Waals surface area contributed by atoms with E-state index in [0.29, 0.717) is 11.6 Å². The number of aromatic nitrogens is 1. The lowest BCUT2D eigenvalue weighted by molar-refractivity contribution is -0.0963. The van der Waals surface area contributed by atoms with E-state index in [9.17, 15) is 5.11 Å². The third kappa shape index (κ3) is 3.30. The van der Waals surface area contributed by atoms with Crippen LogP contribution in [0.1, 0.15) is 44.8 Å². The molecular formula is C21H33N3O2. The molecule has 0 aromatic carbocycles. The molecule has 1 aromatic heterocycles. The van der Waals surface area contributed by atoms with Gasteiger partial charge in [-0.1, -0.05) is 6.42 Å². The van der Waals surface area contributed by atoms with Crippen LogP contribution < -0.4 is 5.73 Å². The molecule has 3 rings (SSSR count). The highest BCUT2D eigenvalue weighted by molar-refractivity contribution is 5.41. The van der Waals surface area contributed by atoms with Crippen LogP contribution in [-0.4, -0.2) is 47.4 Å². The zero-order chi connectivity index (χ0) is 19.1. The minimum atomic E-state index is -0.552. The lowest BCUT2D eigenvalue weighted by Crippen LogP contribution is -2.48. The summed E-state index contributed by atoms with van der Waals surface area (Å²) in [7, 11) is 4.25. The molecule has 26 heavy (non-hydrogen) atoms. The van der Waals surface area contributed by atoms with Crippen LogP contribution in [0.3, 0.4) is 0 Å². The van der Waals surface area contributed by atoms with Gasteiger partial charge in [0.15, 0.2) is 0 Å². The Bertz CT molecular complexity index is 708. The third-order valence-electron chi connectivity index (χ3n) is 6.10. The number of hydrogen-bond donors (Lipinski definition) is 2. The molecule has 1 fully saturated rings. The van der Waals surface area contributed by atoms with E-state index >= 15 is 0 Å². The van der Waals surface area contributed by atoms with Gasteiger partial charge in [-0.15, -0.1) is 0 Å². The third-order valence-corrected chi connectivity index (χ3v) is 6.10. The summed E-state index contributed by atoms with van der Waals surface area (Å²) in [5.41, 5.74) is 7.89. The molecule has 0 spiro atoms. The van der Waals surface area contributed by atoms with Crippen molar-refractivity contribution in [2.75, 3.05) is 33.0 Å². The van der Waals surface area contributed by atoms with Crippen LogP contribution in [0.2, 0.25) is 0 Å². The number of aryl methyl sites for hydroxylation is 1. The van der Waals surface area contributed by atoms with Crippen molar-refractivity contribution in [1.29, 1.82) is 0 Å². The van der Waals surface area contributed by atoms with Gasteiger partial charge in [0.2, 0.25) is 0 Å². The molecule has 0 radical (unpaired) electrons. The summed E-state index contributed by atoms with van der Waals surface area (Å²) in [5.74, 6) is 0.992. The van der Waals surface area contributed by atoms with Crippen LogP contribution in [0.25, 0.3) is 0 Å². The maximum absolute atomic E-state index is 10.3. The molecule has 5 nitrogen and oxygen atoms in total. The number of nitrogen functional groups attached to an aromatic ring is 1. The molecule has 0 bridgehead atoms. The Morgan fingerprint density at radius 2 is 2.00 bits per heavy atom. The van der Waals surface area contributed by atoms with Gasteiger partial charge >= 0.3 is 0 Å². The maximum Gasteiger partial charge on any atom is 0.116 e. The van der Waals surface area contributed by atoms with Crippen molar-refractivity contribution < 1.29 is 9.84 Å². The fourth-order valence-corrected chi connectivity index (χ4v) is 4.54. The molecule has 3 N–H and O–H groups in total. The second-order valence-electron chi connectivity index (χ2n) is 8.64. The molecule has 1 aromatic rings. The number of ether oxygens (including phenoxy) is 1. The largest absolute Gasteiger partial charge is 0.508 e. The molecule has 2 atom stereocenters. The number of allylic oxidation sites excluding steroid dienone is 1. The van der Waals surface area contributed by atoms with Gasteiger partial charge in [-0.05, 0) is 77.6 Å². The van der Waals surface area contributed by atoms with Crippen LogP contribution >= 0.6 is 0 Å². The lowest BCUT2D eigenvalue weighted by atomic mass is 9.69. The quantitative estimate of drug-likeness (QED) is 0.810. The Balaban J connectivity index is 1.89. The second-order valence-corrected chi connectivity index (χ2v) is 8.64. The molecule has 0 aliphatic heterocycles. The normalized spacial score (nSPS) is 27.8. The summed E-state index contributed by atoms with van der Waals surface area (Å²) < 4.78 is 8.69. The first-order valence-corrected chi connectivity index (χ1v) is 9.48. The number of nitrogens with zero attached hydrogens (tertiary/aromatic N) is 2.